The fourth-order valence-electron chi connectivity index (χ4n) is 2.96. The lowest BCUT2D eigenvalue weighted by molar-refractivity contribution is -0.125. The summed E-state index contributed by atoms with van der Waals surface area (Å²) in [6.07, 6.45) is -0.00501. The van der Waals surface area contributed by atoms with Crippen LogP contribution in [0.1, 0.15) is 18.0 Å². The van der Waals surface area contributed by atoms with Crippen LogP contribution in [-0.2, 0) is 15.3 Å². The van der Waals surface area contributed by atoms with Crippen LogP contribution in [0.25, 0.3) is 0 Å². The van der Waals surface area contributed by atoms with E-state index >= 15 is 0 Å². The maximum atomic E-state index is 12.8. The van der Waals surface area contributed by atoms with E-state index in [4.69, 9.17) is 4.74 Å². The quantitative estimate of drug-likeness (QED) is 0.607. The normalized spacial score (nSPS) is 15.3. The number of carbonyl (C=O) groups is 2. The molecule has 9 heteroatoms. The molecule has 148 valence electrons. The van der Waals surface area contributed by atoms with Crippen molar-refractivity contribution in [3.05, 3.63) is 60.2 Å². The number of benzene rings is 2. The number of amides is 2. The number of hydrogen-bond acceptors (Lipinski definition) is 6. The smallest absolute Gasteiger partial charge is 0.249 e. The van der Waals surface area contributed by atoms with Crippen LogP contribution in [-0.4, -0.2) is 33.7 Å². The van der Waals surface area contributed by atoms with Crippen LogP contribution < -0.4 is 15.4 Å². The van der Waals surface area contributed by atoms with E-state index in [9.17, 15) is 9.59 Å². The highest BCUT2D eigenvalue weighted by Gasteiger charge is 2.33. The molecule has 1 aliphatic heterocycles. The highest BCUT2D eigenvalue weighted by atomic mass is 32.2. The molecule has 0 spiro atoms. The maximum Gasteiger partial charge on any atom is 0.249 e. The molecule has 1 aromatic heterocycles. The van der Waals surface area contributed by atoms with Gasteiger partial charge in [-0.2, -0.15) is 4.98 Å². The van der Waals surface area contributed by atoms with Gasteiger partial charge >= 0.3 is 0 Å². The Balaban J connectivity index is 1.51. The van der Waals surface area contributed by atoms with E-state index in [2.05, 4.69) is 20.7 Å². The first-order valence-electron chi connectivity index (χ1n) is 9.00. The van der Waals surface area contributed by atoms with Crippen molar-refractivity contribution < 1.29 is 14.3 Å². The van der Waals surface area contributed by atoms with Gasteiger partial charge in [-0.1, -0.05) is 48.2 Å². The number of nitrogens with one attached hydrogen (secondary N) is 2. The highest BCUT2D eigenvalue weighted by molar-refractivity contribution is 7.98. The third-order valence-corrected chi connectivity index (χ3v) is 5.30. The largest absolute Gasteiger partial charge is 0.497 e. The van der Waals surface area contributed by atoms with Crippen LogP contribution in [0.5, 0.6) is 5.75 Å². The molecule has 1 unspecified atom stereocenters. The van der Waals surface area contributed by atoms with E-state index in [1.165, 1.54) is 16.4 Å². The zero-order valence-electron chi connectivity index (χ0n) is 15.7. The number of ether oxygens (including phenoxy) is 1. The molecule has 3 aromatic rings. The second-order valence-electron chi connectivity index (χ2n) is 6.43. The molecular formula is C20H19N5O3S. The van der Waals surface area contributed by atoms with Gasteiger partial charge in [-0.3, -0.25) is 14.9 Å². The van der Waals surface area contributed by atoms with Crippen molar-refractivity contribution in [2.45, 2.75) is 23.4 Å². The van der Waals surface area contributed by atoms with E-state index < -0.39 is 6.04 Å². The van der Waals surface area contributed by atoms with Gasteiger partial charge in [0.2, 0.25) is 22.9 Å². The summed E-state index contributed by atoms with van der Waals surface area (Å²) in [5, 5.41) is 10.5. The number of fused-ring (bicyclic) bond motifs is 1. The second kappa shape index (κ2) is 8.36. The molecule has 2 heterocycles. The first-order valence-corrected chi connectivity index (χ1v) is 9.99. The van der Waals surface area contributed by atoms with Gasteiger partial charge < -0.3 is 10.1 Å². The molecule has 0 saturated carbocycles. The Labute approximate surface area is 171 Å². The summed E-state index contributed by atoms with van der Waals surface area (Å²) in [6.45, 7) is 0. The number of aromatic nitrogens is 3. The van der Waals surface area contributed by atoms with Gasteiger partial charge in [0.05, 0.1) is 13.5 Å². The molecule has 2 amide bonds. The molecule has 0 bridgehead atoms. The number of methoxy groups -OCH3 is 1. The number of carbonyl (C=O) groups excluding carboxylic acids is 2. The Kier molecular flexibility index (Phi) is 5.48. The monoisotopic (exact) mass is 409 g/mol. The molecule has 0 radical (unpaired) electrons. The SMILES string of the molecule is COc1cccc(NC(=O)C2CC(=O)Nc3nc(SCc4ccccc4)nn32)c1. The van der Waals surface area contributed by atoms with Crippen LogP contribution in [0.4, 0.5) is 11.6 Å². The van der Waals surface area contributed by atoms with Crippen LogP contribution >= 0.6 is 11.8 Å². The predicted octanol–water partition coefficient (Wildman–Crippen LogP) is 3.10. The Hall–Kier alpha value is -3.33. The molecule has 1 atom stereocenters. The fourth-order valence-corrected chi connectivity index (χ4v) is 3.74. The summed E-state index contributed by atoms with van der Waals surface area (Å²) in [5.41, 5.74) is 1.72. The van der Waals surface area contributed by atoms with Gasteiger partial charge in [-0.05, 0) is 17.7 Å². The number of hydrogen-bond donors (Lipinski definition) is 2. The van der Waals surface area contributed by atoms with Crippen molar-refractivity contribution in [1.29, 1.82) is 0 Å². The summed E-state index contributed by atoms with van der Waals surface area (Å²) < 4.78 is 6.65. The molecule has 4 rings (SSSR count). The summed E-state index contributed by atoms with van der Waals surface area (Å²) in [5.74, 6) is 1.00. The third-order valence-electron chi connectivity index (χ3n) is 4.39. The van der Waals surface area contributed by atoms with Crippen molar-refractivity contribution in [3.8, 4) is 5.75 Å². The first-order chi connectivity index (χ1) is 14.1. The minimum absolute atomic E-state index is 0.00501. The van der Waals surface area contributed by atoms with E-state index in [0.717, 1.165) is 5.56 Å². The topological polar surface area (TPSA) is 98.1 Å². The van der Waals surface area contributed by atoms with Gasteiger partial charge in [0, 0.05) is 17.5 Å². The van der Waals surface area contributed by atoms with E-state index in [0.29, 0.717) is 22.3 Å². The van der Waals surface area contributed by atoms with Gasteiger partial charge in [-0.15, -0.1) is 5.10 Å². The molecular weight excluding hydrogens is 390 g/mol. The number of rotatable bonds is 6. The molecule has 2 aromatic carbocycles. The Morgan fingerprint density at radius 1 is 1.28 bits per heavy atom. The van der Waals surface area contributed by atoms with Crippen molar-refractivity contribution in [2.75, 3.05) is 17.7 Å². The maximum absolute atomic E-state index is 12.8. The second-order valence-corrected chi connectivity index (χ2v) is 7.37. The lowest BCUT2D eigenvalue weighted by Crippen LogP contribution is -2.36. The molecule has 0 aliphatic carbocycles. The zero-order chi connectivity index (χ0) is 20.2. The molecule has 0 fully saturated rings. The molecule has 0 saturated heterocycles. The van der Waals surface area contributed by atoms with Crippen LogP contribution in [0, 0.1) is 0 Å². The van der Waals surface area contributed by atoms with Crippen molar-refractivity contribution in [2.24, 2.45) is 0 Å². The molecule has 2 N–H and O–H groups in total. The standard InChI is InChI=1S/C20H19N5O3S/c1-28-15-9-5-8-14(10-15)21-18(27)16-11-17(26)22-19-23-20(24-25(16)19)29-12-13-6-3-2-4-7-13/h2-10,16H,11-12H2,1H3,(H,21,27)(H,22,23,24,26). The molecule has 29 heavy (non-hydrogen) atoms. The highest BCUT2D eigenvalue weighted by Crippen LogP contribution is 2.28. The minimum atomic E-state index is -0.775. The molecule has 8 nitrogen and oxygen atoms in total. The van der Waals surface area contributed by atoms with Crippen LogP contribution in [0.2, 0.25) is 0 Å². The summed E-state index contributed by atoms with van der Waals surface area (Å²) in [6, 6.07) is 16.2. The number of anilines is 2. The Morgan fingerprint density at radius 2 is 2.10 bits per heavy atom. The summed E-state index contributed by atoms with van der Waals surface area (Å²) >= 11 is 1.45. The van der Waals surface area contributed by atoms with E-state index in [1.807, 2.05) is 30.3 Å². The average molecular weight is 409 g/mol. The van der Waals surface area contributed by atoms with Gasteiger partial charge in [0.25, 0.3) is 0 Å². The number of nitrogens with zero attached hydrogens (tertiary/aromatic N) is 3. The third kappa shape index (κ3) is 4.40. The minimum Gasteiger partial charge on any atom is -0.497 e. The van der Waals surface area contributed by atoms with Crippen molar-refractivity contribution in [1.82, 2.24) is 14.8 Å². The predicted molar refractivity (Wildman–Crippen MR) is 110 cm³/mol. The summed E-state index contributed by atoms with van der Waals surface area (Å²) in [4.78, 5) is 29.3. The van der Waals surface area contributed by atoms with Crippen LogP contribution in [0.15, 0.2) is 59.8 Å². The van der Waals surface area contributed by atoms with E-state index in [1.54, 1.807) is 31.4 Å². The average Bonchev–Trinajstić information content (AvgIpc) is 3.15. The fraction of sp³-hybridized carbons (Fsp3) is 0.200. The van der Waals surface area contributed by atoms with Crippen molar-refractivity contribution in [3.63, 3.8) is 0 Å². The van der Waals surface area contributed by atoms with Crippen molar-refractivity contribution >= 4 is 35.2 Å². The lowest BCUT2D eigenvalue weighted by atomic mass is 10.1. The van der Waals surface area contributed by atoms with Gasteiger partial charge in [0.15, 0.2) is 0 Å². The summed E-state index contributed by atoms with van der Waals surface area (Å²) in [7, 11) is 1.56. The van der Waals surface area contributed by atoms with Gasteiger partial charge in [-0.25, -0.2) is 4.68 Å². The Bertz CT molecular complexity index is 1040. The van der Waals surface area contributed by atoms with Crippen LogP contribution in [0.3, 0.4) is 0 Å². The lowest BCUT2D eigenvalue weighted by Gasteiger charge is -2.22. The molecule has 1 aliphatic rings. The number of thioether (sulfide) groups is 1. The van der Waals surface area contributed by atoms with Gasteiger partial charge in [0.1, 0.15) is 11.8 Å². The zero-order valence-corrected chi connectivity index (χ0v) is 16.5. The first kappa shape index (κ1) is 19.0. The van der Waals surface area contributed by atoms with E-state index in [-0.39, 0.29) is 24.2 Å². The Morgan fingerprint density at radius 3 is 2.90 bits per heavy atom.